The molecule has 2 aromatic heterocycles. The van der Waals surface area contributed by atoms with Crippen LogP contribution in [0.1, 0.15) is 17.7 Å². The topological polar surface area (TPSA) is 81.3 Å². The molecular weight excluding hydrogens is 358 g/mol. The Hall–Kier alpha value is -1.71. The van der Waals surface area contributed by atoms with Gasteiger partial charge in [-0.2, -0.15) is 4.98 Å². The van der Waals surface area contributed by atoms with Crippen LogP contribution in [0.15, 0.2) is 21.4 Å². The van der Waals surface area contributed by atoms with Gasteiger partial charge >= 0.3 is 5.69 Å². The number of fused-ring (bicyclic) bond motifs is 1. The Morgan fingerprint density at radius 2 is 2.28 bits per heavy atom. The van der Waals surface area contributed by atoms with Crippen molar-refractivity contribution in [3.63, 3.8) is 0 Å². The molecule has 0 bridgehead atoms. The highest BCUT2D eigenvalue weighted by Crippen LogP contribution is 2.29. The van der Waals surface area contributed by atoms with E-state index < -0.39 is 0 Å². The second-order valence-corrected chi connectivity index (χ2v) is 8.12. The number of rotatable bonds is 7. The minimum absolute atomic E-state index is 0.131. The molecule has 0 aromatic carbocycles. The second kappa shape index (κ2) is 8.11. The van der Waals surface area contributed by atoms with Gasteiger partial charge in [0.25, 0.3) is 0 Å². The van der Waals surface area contributed by atoms with Gasteiger partial charge in [-0.3, -0.25) is 9.36 Å². The first-order valence-electron chi connectivity index (χ1n) is 8.28. The van der Waals surface area contributed by atoms with Crippen LogP contribution in [0, 0.1) is 0 Å². The third-order valence-electron chi connectivity index (χ3n) is 4.05. The Bertz CT molecular complexity index is 802. The van der Waals surface area contributed by atoms with Crippen LogP contribution in [0.5, 0.6) is 0 Å². The fraction of sp³-hybridized carbons (Fsp3) is 0.500. The molecule has 2 N–H and O–H groups in total. The minimum atomic E-state index is -0.204. The Labute approximate surface area is 154 Å². The maximum absolute atomic E-state index is 12.4. The second-order valence-electron chi connectivity index (χ2n) is 6.26. The van der Waals surface area contributed by atoms with Gasteiger partial charge in [-0.25, -0.2) is 9.78 Å². The zero-order valence-corrected chi connectivity index (χ0v) is 16.0. The van der Waals surface area contributed by atoms with Gasteiger partial charge in [0.2, 0.25) is 5.91 Å². The van der Waals surface area contributed by atoms with E-state index in [2.05, 4.69) is 29.4 Å². The molecule has 134 valence electrons. The van der Waals surface area contributed by atoms with E-state index in [1.165, 1.54) is 28.0 Å². The number of thioether (sulfide) groups is 1. The summed E-state index contributed by atoms with van der Waals surface area (Å²) in [6, 6.07) is 0. The van der Waals surface area contributed by atoms with Crippen molar-refractivity contribution in [3.8, 4) is 0 Å². The molecular formula is C16H22N5O2S2+. The highest BCUT2D eigenvalue weighted by Gasteiger charge is 2.22. The number of aromatic nitrogens is 3. The lowest BCUT2D eigenvalue weighted by atomic mass is 10.2. The first-order valence-corrected chi connectivity index (χ1v) is 10.1. The van der Waals surface area contributed by atoms with Crippen molar-refractivity contribution < 1.29 is 9.69 Å². The highest BCUT2D eigenvalue weighted by molar-refractivity contribution is 8.00. The molecule has 0 spiro atoms. The van der Waals surface area contributed by atoms with E-state index in [4.69, 9.17) is 0 Å². The average molecular weight is 381 g/mol. The fourth-order valence-electron chi connectivity index (χ4n) is 2.85. The number of carbonyl (C=O) groups excluding carboxylic acids is 1. The quantitative estimate of drug-likeness (QED) is 0.525. The molecule has 0 saturated heterocycles. The van der Waals surface area contributed by atoms with E-state index in [-0.39, 0.29) is 17.3 Å². The Kier molecular flexibility index (Phi) is 5.87. The van der Waals surface area contributed by atoms with Crippen molar-refractivity contribution in [2.24, 2.45) is 0 Å². The largest absolute Gasteiger partial charge is 0.349 e. The van der Waals surface area contributed by atoms with E-state index in [9.17, 15) is 9.59 Å². The van der Waals surface area contributed by atoms with Crippen LogP contribution in [-0.4, -0.2) is 46.8 Å². The summed E-state index contributed by atoms with van der Waals surface area (Å²) in [6.45, 7) is 1.57. The molecule has 0 aliphatic heterocycles. The van der Waals surface area contributed by atoms with Gasteiger partial charge in [-0.1, -0.05) is 11.8 Å². The number of carbonyl (C=O) groups is 1. The molecule has 0 radical (unpaired) electrons. The van der Waals surface area contributed by atoms with Crippen molar-refractivity contribution >= 4 is 34.1 Å². The van der Waals surface area contributed by atoms with Gasteiger partial charge in [0.1, 0.15) is 5.03 Å². The fourth-order valence-corrected chi connectivity index (χ4v) is 4.27. The van der Waals surface area contributed by atoms with Crippen LogP contribution in [0.2, 0.25) is 0 Å². The van der Waals surface area contributed by atoms with Crippen LogP contribution >= 0.6 is 23.1 Å². The monoisotopic (exact) mass is 380 g/mol. The molecule has 9 heteroatoms. The summed E-state index contributed by atoms with van der Waals surface area (Å²) in [5, 5.41) is 5.86. The highest BCUT2D eigenvalue weighted by atomic mass is 32.2. The molecule has 3 rings (SSSR count). The summed E-state index contributed by atoms with van der Waals surface area (Å²) < 4.78 is 1.81. The van der Waals surface area contributed by atoms with E-state index in [1.54, 1.807) is 6.20 Å². The van der Waals surface area contributed by atoms with Crippen molar-refractivity contribution in [2.75, 3.05) is 31.7 Å². The van der Waals surface area contributed by atoms with Crippen molar-refractivity contribution in [2.45, 2.75) is 30.8 Å². The predicted octanol–water partition coefficient (Wildman–Crippen LogP) is 0.0638. The molecule has 0 atom stereocenters. The molecule has 2 heterocycles. The molecule has 7 nitrogen and oxygen atoms in total. The average Bonchev–Trinajstić information content (AvgIpc) is 3.23. The summed E-state index contributed by atoms with van der Waals surface area (Å²) in [6.07, 6.45) is 4.52. The van der Waals surface area contributed by atoms with Crippen molar-refractivity contribution in [1.29, 1.82) is 0 Å². The number of nitrogens with one attached hydrogen (secondary N) is 2. The van der Waals surface area contributed by atoms with E-state index in [0.29, 0.717) is 16.7 Å². The number of anilines is 1. The lowest BCUT2D eigenvalue weighted by Crippen LogP contribution is -3.06. The molecule has 1 aliphatic rings. The predicted molar refractivity (Wildman–Crippen MR) is 99.7 cm³/mol. The maximum Gasteiger partial charge on any atom is 0.349 e. The lowest BCUT2D eigenvalue weighted by molar-refractivity contribution is -0.859. The molecule has 0 unspecified atom stereocenters. The smallest absolute Gasteiger partial charge is 0.338 e. The van der Waals surface area contributed by atoms with Gasteiger partial charge < -0.3 is 10.2 Å². The summed E-state index contributed by atoms with van der Waals surface area (Å²) in [5.41, 5.74) is 2.04. The van der Waals surface area contributed by atoms with Gasteiger partial charge in [0.15, 0.2) is 5.13 Å². The van der Waals surface area contributed by atoms with Crippen LogP contribution < -0.4 is 15.9 Å². The number of nitrogens with zero attached hydrogens (tertiary/aromatic N) is 3. The molecule has 1 amide bonds. The minimum Gasteiger partial charge on any atom is -0.338 e. The Morgan fingerprint density at radius 1 is 1.44 bits per heavy atom. The zero-order chi connectivity index (χ0) is 17.8. The van der Waals surface area contributed by atoms with Gasteiger partial charge in [0.05, 0.1) is 32.9 Å². The van der Waals surface area contributed by atoms with Crippen molar-refractivity contribution in [3.05, 3.63) is 33.3 Å². The van der Waals surface area contributed by atoms with Crippen LogP contribution in [0.4, 0.5) is 5.13 Å². The molecule has 0 fully saturated rings. The zero-order valence-electron chi connectivity index (χ0n) is 14.4. The standard InChI is InChI=1S/C16H21N5O2S2/c1-20(2)7-8-21-12-5-3-4-11(12)14(19-16(21)23)25-10-13(22)18-15-17-6-9-24-15/h6,9H,3-5,7-8,10H2,1-2H3,(H,17,18,22)/p+1. The molecule has 1 aliphatic carbocycles. The van der Waals surface area contributed by atoms with E-state index in [0.717, 1.165) is 37.1 Å². The lowest BCUT2D eigenvalue weighted by Gasteiger charge is -2.15. The number of thiazole rings is 1. The molecule has 2 aromatic rings. The number of quaternary nitrogens is 1. The van der Waals surface area contributed by atoms with Gasteiger partial charge in [-0.15, -0.1) is 11.3 Å². The van der Waals surface area contributed by atoms with Crippen LogP contribution in [0.3, 0.4) is 0 Å². The third-order valence-corrected chi connectivity index (χ3v) is 5.76. The van der Waals surface area contributed by atoms with Gasteiger partial charge in [0, 0.05) is 22.8 Å². The summed E-state index contributed by atoms with van der Waals surface area (Å²) in [4.78, 5) is 34.1. The third kappa shape index (κ3) is 4.47. The van der Waals surface area contributed by atoms with Gasteiger partial charge in [-0.05, 0) is 19.3 Å². The number of amides is 1. The van der Waals surface area contributed by atoms with Crippen LogP contribution in [0.25, 0.3) is 0 Å². The van der Waals surface area contributed by atoms with Crippen LogP contribution in [-0.2, 0) is 24.2 Å². The number of hydrogen-bond donors (Lipinski definition) is 2. The molecule has 0 saturated carbocycles. The Morgan fingerprint density at radius 3 is 3.00 bits per heavy atom. The first kappa shape index (κ1) is 18.1. The first-order chi connectivity index (χ1) is 12.0. The normalized spacial score (nSPS) is 13.2. The molecule has 25 heavy (non-hydrogen) atoms. The maximum atomic E-state index is 12.4. The summed E-state index contributed by atoms with van der Waals surface area (Å²) in [5.74, 6) is 0.0958. The van der Waals surface area contributed by atoms with Crippen molar-refractivity contribution in [1.82, 2.24) is 14.5 Å². The van der Waals surface area contributed by atoms with E-state index >= 15 is 0 Å². The summed E-state index contributed by atoms with van der Waals surface area (Å²) >= 11 is 2.72. The Balaban J connectivity index is 1.72. The summed E-state index contributed by atoms with van der Waals surface area (Å²) in [7, 11) is 4.15. The van der Waals surface area contributed by atoms with E-state index in [1.807, 2.05) is 9.95 Å². The number of likely N-dealkylation sites (N-methyl/N-ethyl adjacent to an activating group) is 1. The number of hydrogen-bond acceptors (Lipinski definition) is 6. The SMILES string of the molecule is C[NH+](C)CCn1c2c(c(SCC(=O)Nc3nccs3)nc1=O)CCC2.